The Balaban J connectivity index is 2.59. The van der Waals surface area contributed by atoms with Gasteiger partial charge in [0, 0.05) is 11.8 Å². The first kappa shape index (κ1) is 10.1. The summed E-state index contributed by atoms with van der Waals surface area (Å²) >= 11 is -2.03. The molecule has 0 spiro atoms. The van der Waals surface area contributed by atoms with E-state index in [1.165, 1.54) is 4.57 Å². The van der Waals surface area contributed by atoms with Crippen molar-refractivity contribution >= 4 is 11.1 Å². The van der Waals surface area contributed by atoms with Crippen molar-refractivity contribution in [2.24, 2.45) is 0 Å². The zero-order valence-electron chi connectivity index (χ0n) is 8.30. The van der Waals surface area contributed by atoms with Crippen LogP contribution in [-0.2, 0) is 11.1 Å². The van der Waals surface area contributed by atoms with Crippen LogP contribution in [-0.4, -0.2) is 18.5 Å². The molecule has 0 aliphatic rings. The van der Waals surface area contributed by atoms with Gasteiger partial charge in [-0.25, -0.2) is 4.21 Å². The van der Waals surface area contributed by atoms with Gasteiger partial charge >= 0.3 is 0 Å². The van der Waals surface area contributed by atoms with E-state index in [0.29, 0.717) is 5.88 Å². The van der Waals surface area contributed by atoms with Crippen molar-refractivity contribution in [1.82, 2.24) is 9.72 Å². The Labute approximate surface area is 89.0 Å². The van der Waals surface area contributed by atoms with Crippen LogP contribution in [0.4, 0.5) is 0 Å². The third-order valence-corrected chi connectivity index (χ3v) is 2.93. The van der Waals surface area contributed by atoms with E-state index in [0.717, 1.165) is 11.3 Å². The summed E-state index contributed by atoms with van der Waals surface area (Å²) in [6, 6.07) is 3.24. The Bertz CT molecular complexity index is 515. The third kappa shape index (κ3) is 1.62. The maximum Gasteiger partial charge on any atom is 0.239 e. The SMILES string of the molecule is Cc1noc(-n2cccc2S(=O)O)c1C. The van der Waals surface area contributed by atoms with Gasteiger partial charge in [-0.1, -0.05) is 5.16 Å². The molecule has 2 aromatic rings. The number of hydrogen-bond acceptors (Lipinski definition) is 3. The van der Waals surface area contributed by atoms with Gasteiger partial charge in [-0.05, 0) is 26.0 Å². The van der Waals surface area contributed by atoms with Crippen molar-refractivity contribution in [2.45, 2.75) is 18.9 Å². The van der Waals surface area contributed by atoms with Gasteiger partial charge in [-0.15, -0.1) is 0 Å². The van der Waals surface area contributed by atoms with E-state index in [1.807, 2.05) is 13.8 Å². The highest BCUT2D eigenvalue weighted by atomic mass is 32.2. The molecule has 1 N–H and O–H groups in total. The second-order valence-electron chi connectivity index (χ2n) is 3.16. The van der Waals surface area contributed by atoms with Crippen molar-refractivity contribution in [1.29, 1.82) is 0 Å². The molecule has 6 heteroatoms. The molecular formula is C9H10N2O3S. The van der Waals surface area contributed by atoms with Gasteiger partial charge in [0.2, 0.25) is 17.0 Å². The van der Waals surface area contributed by atoms with Crippen molar-refractivity contribution in [2.75, 3.05) is 0 Å². The zero-order chi connectivity index (χ0) is 11.0. The van der Waals surface area contributed by atoms with Gasteiger partial charge in [-0.3, -0.25) is 4.57 Å². The van der Waals surface area contributed by atoms with Crippen molar-refractivity contribution in [3.63, 3.8) is 0 Å². The Kier molecular flexibility index (Phi) is 2.45. The van der Waals surface area contributed by atoms with E-state index in [4.69, 9.17) is 9.08 Å². The number of nitrogens with zero attached hydrogens (tertiary/aromatic N) is 2. The van der Waals surface area contributed by atoms with E-state index in [2.05, 4.69) is 5.16 Å². The third-order valence-electron chi connectivity index (χ3n) is 2.24. The van der Waals surface area contributed by atoms with E-state index in [9.17, 15) is 4.21 Å². The zero-order valence-corrected chi connectivity index (χ0v) is 9.11. The molecule has 0 radical (unpaired) electrons. The van der Waals surface area contributed by atoms with Gasteiger partial charge in [0.1, 0.15) is 5.03 Å². The van der Waals surface area contributed by atoms with Crippen molar-refractivity contribution < 1.29 is 13.3 Å². The lowest BCUT2D eigenvalue weighted by molar-refractivity contribution is 0.395. The second kappa shape index (κ2) is 3.63. The van der Waals surface area contributed by atoms with E-state index < -0.39 is 11.1 Å². The summed E-state index contributed by atoms with van der Waals surface area (Å²) < 4.78 is 26.7. The predicted molar refractivity (Wildman–Crippen MR) is 54.3 cm³/mol. The summed E-state index contributed by atoms with van der Waals surface area (Å²) in [7, 11) is 0. The number of aromatic nitrogens is 2. The molecule has 0 aliphatic carbocycles. The largest absolute Gasteiger partial charge is 0.337 e. The highest BCUT2D eigenvalue weighted by Gasteiger charge is 2.15. The molecule has 0 bridgehead atoms. The molecule has 0 saturated carbocycles. The molecule has 0 aliphatic heterocycles. The summed E-state index contributed by atoms with van der Waals surface area (Å²) in [5.41, 5.74) is 1.63. The lowest BCUT2D eigenvalue weighted by Gasteiger charge is -2.01. The Hall–Kier alpha value is -1.40. The smallest absolute Gasteiger partial charge is 0.239 e. The maximum absolute atomic E-state index is 11.0. The standard InChI is InChI=1S/C9H10N2O3S/c1-6-7(2)10-14-9(6)11-5-3-4-8(11)15(12)13/h3-5H,1-2H3,(H,12,13). The van der Waals surface area contributed by atoms with Crippen LogP contribution in [0.1, 0.15) is 11.3 Å². The predicted octanol–water partition coefficient (Wildman–Crippen LogP) is 1.66. The van der Waals surface area contributed by atoms with Gasteiger partial charge in [0.15, 0.2) is 0 Å². The maximum atomic E-state index is 11.0. The first-order chi connectivity index (χ1) is 7.11. The first-order valence-corrected chi connectivity index (χ1v) is 5.43. The van der Waals surface area contributed by atoms with E-state index >= 15 is 0 Å². The lowest BCUT2D eigenvalue weighted by Crippen LogP contribution is -2.00. The quantitative estimate of drug-likeness (QED) is 0.791. The molecule has 1 unspecified atom stereocenters. The first-order valence-electron chi connectivity index (χ1n) is 4.32. The van der Waals surface area contributed by atoms with Crippen LogP contribution in [0, 0.1) is 13.8 Å². The van der Waals surface area contributed by atoms with Crippen molar-refractivity contribution in [3.8, 4) is 5.88 Å². The van der Waals surface area contributed by atoms with Crippen LogP contribution in [0.2, 0.25) is 0 Å². The number of aryl methyl sites for hydroxylation is 1. The molecule has 80 valence electrons. The Morgan fingerprint density at radius 2 is 2.27 bits per heavy atom. The van der Waals surface area contributed by atoms with Gasteiger partial charge in [-0.2, -0.15) is 0 Å². The second-order valence-corrected chi connectivity index (χ2v) is 4.08. The molecule has 5 nitrogen and oxygen atoms in total. The van der Waals surface area contributed by atoms with Gasteiger partial charge in [0.05, 0.1) is 5.69 Å². The Morgan fingerprint density at radius 3 is 2.80 bits per heavy atom. The number of hydrogen-bond donors (Lipinski definition) is 1. The van der Waals surface area contributed by atoms with Crippen LogP contribution >= 0.6 is 0 Å². The molecule has 0 amide bonds. The minimum atomic E-state index is -2.03. The van der Waals surface area contributed by atoms with Crippen molar-refractivity contribution in [3.05, 3.63) is 29.6 Å². The fraction of sp³-hybridized carbons (Fsp3) is 0.222. The fourth-order valence-corrected chi connectivity index (χ4v) is 1.81. The van der Waals surface area contributed by atoms with E-state index in [-0.39, 0.29) is 5.03 Å². The van der Waals surface area contributed by atoms with Crippen LogP contribution in [0.5, 0.6) is 0 Å². The molecule has 2 heterocycles. The summed E-state index contributed by atoms with van der Waals surface area (Å²) in [4.78, 5) is 0. The summed E-state index contributed by atoms with van der Waals surface area (Å²) in [6.07, 6.45) is 1.66. The van der Waals surface area contributed by atoms with Gasteiger partial charge < -0.3 is 9.08 Å². The van der Waals surface area contributed by atoms with Crippen LogP contribution in [0.15, 0.2) is 27.9 Å². The molecular weight excluding hydrogens is 216 g/mol. The summed E-state index contributed by atoms with van der Waals surface area (Å²) in [6.45, 7) is 3.67. The minimum absolute atomic E-state index is 0.272. The minimum Gasteiger partial charge on any atom is -0.337 e. The van der Waals surface area contributed by atoms with E-state index in [1.54, 1.807) is 18.3 Å². The highest BCUT2D eigenvalue weighted by Crippen LogP contribution is 2.20. The average molecular weight is 226 g/mol. The van der Waals surface area contributed by atoms with Gasteiger partial charge in [0.25, 0.3) is 0 Å². The van der Waals surface area contributed by atoms with Crippen LogP contribution in [0.3, 0.4) is 0 Å². The molecule has 0 saturated heterocycles. The monoisotopic (exact) mass is 226 g/mol. The topological polar surface area (TPSA) is 68.3 Å². The van der Waals surface area contributed by atoms with Crippen LogP contribution < -0.4 is 0 Å². The normalized spacial score (nSPS) is 13.0. The van der Waals surface area contributed by atoms with Crippen LogP contribution in [0.25, 0.3) is 5.88 Å². The lowest BCUT2D eigenvalue weighted by atomic mass is 10.3. The molecule has 2 aromatic heterocycles. The molecule has 15 heavy (non-hydrogen) atoms. The molecule has 1 atom stereocenters. The highest BCUT2D eigenvalue weighted by molar-refractivity contribution is 7.79. The summed E-state index contributed by atoms with van der Waals surface area (Å²) in [5.74, 6) is 0.481. The fourth-order valence-electron chi connectivity index (χ4n) is 1.30. The average Bonchev–Trinajstić information content (AvgIpc) is 2.75. The summed E-state index contributed by atoms with van der Waals surface area (Å²) in [5, 5.41) is 4.07. The molecule has 2 rings (SSSR count). The molecule has 0 fully saturated rings. The Morgan fingerprint density at radius 1 is 1.53 bits per heavy atom. The molecule has 0 aromatic carbocycles. The number of rotatable bonds is 2.